The average Bonchev–Trinajstić information content (AvgIpc) is 2.72. The number of carboxylic acid groups (broad SMARTS) is 1. The highest BCUT2D eigenvalue weighted by atomic mass is 16.5. The van der Waals surface area contributed by atoms with Crippen LogP contribution in [0.25, 0.3) is 0 Å². The van der Waals surface area contributed by atoms with Crippen molar-refractivity contribution in [3.8, 4) is 5.75 Å². The molecule has 2 unspecified atom stereocenters. The molecule has 5 heteroatoms. The Morgan fingerprint density at radius 1 is 1.59 bits per heavy atom. The Hall–Kier alpha value is -1.59. The molecule has 0 fully saturated rings. The van der Waals surface area contributed by atoms with Gasteiger partial charge < -0.3 is 20.1 Å². The molecular weight excluding hydrogens is 224 g/mol. The van der Waals surface area contributed by atoms with Crippen LogP contribution < -0.4 is 4.74 Å². The number of hydrogen-bond acceptors (Lipinski definition) is 4. The van der Waals surface area contributed by atoms with Crippen LogP contribution in [0.1, 0.15) is 22.8 Å². The van der Waals surface area contributed by atoms with Gasteiger partial charge in [-0.25, -0.2) is 4.79 Å². The fourth-order valence-electron chi connectivity index (χ4n) is 1.83. The van der Waals surface area contributed by atoms with Gasteiger partial charge in [-0.3, -0.25) is 0 Å². The predicted octanol–water partition coefficient (Wildman–Crippen LogP) is 0.432. The largest absolute Gasteiger partial charge is 0.487 e. The third-order valence-electron chi connectivity index (χ3n) is 3.00. The Labute approximate surface area is 98.3 Å². The van der Waals surface area contributed by atoms with Gasteiger partial charge in [0.1, 0.15) is 17.5 Å². The highest BCUT2D eigenvalue weighted by Crippen LogP contribution is 2.33. The summed E-state index contributed by atoms with van der Waals surface area (Å²) in [6, 6.07) is 4.56. The number of fused-ring (bicyclic) bond motifs is 1. The smallest absolute Gasteiger partial charge is 0.335 e. The first-order valence-corrected chi connectivity index (χ1v) is 5.30. The fourth-order valence-corrected chi connectivity index (χ4v) is 1.83. The van der Waals surface area contributed by atoms with Crippen molar-refractivity contribution in [2.24, 2.45) is 0 Å². The van der Waals surface area contributed by atoms with Crippen molar-refractivity contribution >= 4 is 5.97 Å². The molecule has 2 rings (SSSR count). The number of aliphatic hydroxyl groups is 2. The first-order valence-electron chi connectivity index (χ1n) is 5.30. The molecule has 2 atom stereocenters. The molecule has 0 spiro atoms. The third kappa shape index (κ3) is 2.11. The van der Waals surface area contributed by atoms with E-state index in [-0.39, 0.29) is 5.56 Å². The lowest BCUT2D eigenvalue weighted by molar-refractivity contribution is -0.0729. The maximum absolute atomic E-state index is 10.8. The maximum atomic E-state index is 10.8. The van der Waals surface area contributed by atoms with Gasteiger partial charge in [-0.2, -0.15) is 0 Å². The van der Waals surface area contributed by atoms with E-state index in [9.17, 15) is 9.90 Å². The average molecular weight is 238 g/mol. The summed E-state index contributed by atoms with van der Waals surface area (Å²) in [5.74, 6) is -0.432. The van der Waals surface area contributed by atoms with Gasteiger partial charge in [-0.15, -0.1) is 0 Å². The Bertz CT molecular complexity index is 452. The highest BCUT2D eigenvalue weighted by molar-refractivity contribution is 5.88. The highest BCUT2D eigenvalue weighted by Gasteiger charge is 2.38. The van der Waals surface area contributed by atoms with Gasteiger partial charge in [-0.05, 0) is 30.7 Å². The van der Waals surface area contributed by atoms with Crippen molar-refractivity contribution in [2.45, 2.75) is 25.0 Å². The van der Waals surface area contributed by atoms with Gasteiger partial charge >= 0.3 is 5.97 Å². The van der Waals surface area contributed by atoms with Gasteiger partial charge in [0, 0.05) is 6.42 Å². The summed E-state index contributed by atoms with van der Waals surface area (Å²) in [6.07, 6.45) is -0.157. The van der Waals surface area contributed by atoms with E-state index in [4.69, 9.17) is 14.9 Å². The molecule has 0 saturated heterocycles. The number of ether oxygens (including phenoxy) is 1. The van der Waals surface area contributed by atoms with Crippen molar-refractivity contribution in [1.82, 2.24) is 0 Å². The number of rotatable bonds is 3. The van der Waals surface area contributed by atoms with E-state index in [0.29, 0.717) is 12.2 Å². The normalized spacial score (nSPS) is 21.5. The molecule has 0 amide bonds. The van der Waals surface area contributed by atoms with E-state index in [2.05, 4.69) is 0 Å². The van der Waals surface area contributed by atoms with Gasteiger partial charge in [0.2, 0.25) is 0 Å². The van der Waals surface area contributed by atoms with Crippen LogP contribution in [0.4, 0.5) is 0 Å². The van der Waals surface area contributed by atoms with Crippen LogP contribution in [-0.4, -0.2) is 39.6 Å². The maximum Gasteiger partial charge on any atom is 0.335 e. The molecule has 5 nitrogen and oxygen atoms in total. The van der Waals surface area contributed by atoms with Gasteiger partial charge in [0.25, 0.3) is 0 Å². The van der Waals surface area contributed by atoms with Crippen LogP contribution in [0.5, 0.6) is 5.75 Å². The second-order valence-electron chi connectivity index (χ2n) is 4.45. The molecule has 17 heavy (non-hydrogen) atoms. The van der Waals surface area contributed by atoms with Crippen molar-refractivity contribution < 1.29 is 24.9 Å². The standard InChI is InChI=1S/C12H14O5/c1-12(16,6-13)10-5-8-4-7(11(14)15)2-3-9(8)17-10/h2-4,10,13,16H,5-6H2,1H3,(H,14,15). The Balaban J connectivity index is 2.25. The number of aliphatic hydroxyl groups excluding tert-OH is 1. The molecule has 0 saturated carbocycles. The minimum Gasteiger partial charge on any atom is -0.487 e. The van der Waals surface area contributed by atoms with E-state index in [0.717, 1.165) is 5.56 Å². The molecule has 1 aromatic carbocycles. The molecule has 92 valence electrons. The summed E-state index contributed by atoms with van der Waals surface area (Å²) in [4.78, 5) is 10.8. The lowest BCUT2D eigenvalue weighted by Gasteiger charge is -2.26. The monoisotopic (exact) mass is 238 g/mol. The zero-order chi connectivity index (χ0) is 12.6. The van der Waals surface area contributed by atoms with Crippen molar-refractivity contribution in [3.05, 3.63) is 29.3 Å². The van der Waals surface area contributed by atoms with Gasteiger partial charge in [0.15, 0.2) is 0 Å². The minimum absolute atomic E-state index is 0.191. The van der Waals surface area contributed by atoms with Gasteiger partial charge in [-0.1, -0.05) is 0 Å². The number of benzene rings is 1. The van der Waals surface area contributed by atoms with Crippen LogP contribution in [0, 0.1) is 0 Å². The van der Waals surface area contributed by atoms with Crippen LogP contribution >= 0.6 is 0 Å². The Kier molecular flexibility index (Phi) is 2.81. The van der Waals surface area contributed by atoms with E-state index in [1.807, 2.05) is 0 Å². The summed E-state index contributed by atoms with van der Waals surface area (Å²) in [5.41, 5.74) is -0.400. The molecular formula is C12H14O5. The SMILES string of the molecule is CC(O)(CO)C1Cc2cc(C(=O)O)ccc2O1. The minimum atomic E-state index is -1.33. The zero-order valence-electron chi connectivity index (χ0n) is 9.38. The molecule has 1 aliphatic heterocycles. The molecule has 0 aromatic heterocycles. The Morgan fingerprint density at radius 2 is 2.29 bits per heavy atom. The lowest BCUT2D eigenvalue weighted by atomic mass is 9.95. The zero-order valence-corrected chi connectivity index (χ0v) is 9.38. The molecule has 0 aliphatic carbocycles. The second-order valence-corrected chi connectivity index (χ2v) is 4.45. The van der Waals surface area contributed by atoms with E-state index in [1.165, 1.54) is 19.1 Å². The summed E-state index contributed by atoms with van der Waals surface area (Å²) in [7, 11) is 0. The van der Waals surface area contributed by atoms with Crippen LogP contribution in [-0.2, 0) is 6.42 Å². The second kappa shape index (κ2) is 4.01. The molecule has 1 aliphatic rings. The van der Waals surface area contributed by atoms with E-state index in [1.54, 1.807) is 6.07 Å². The summed E-state index contributed by atoms with van der Waals surface area (Å²) in [5, 5.41) is 27.8. The quantitative estimate of drug-likeness (QED) is 0.711. The van der Waals surface area contributed by atoms with Crippen molar-refractivity contribution in [1.29, 1.82) is 0 Å². The number of carboxylic acids is 1. The topological polar surface area (TPSA) is 87.0 Å². The van der Waals surface area contributed by atoms with E-state index >= 15 is 0 Å². The predicted molar refractivity (Wildman–Crippen MR) is 59.2 cm³/mol. The van der Waals surface area contributed by atoms with E-state index < -0.39 is 24.3 Å². The van der Waals surface area contributed by atoms with Crippen LogP contribution in [0.2, 0.25) is 0 Å². The molecule has 1 heterocycles. The molecule has 0 bridgehead atoms. The fraction of sp³-hybridized carbons (Fsp3) is 0.417. The number of aromatic carboxylic acids is 1. The summed E-state index contributed by atoms with van der Waals surface area (Å²) >= 11 is 0. The van der Waals surface area contributed by atoms with Crippen molar-refractivity contribution in [2.75, 3.05) is 6.61 Å². The first kappa shape index (κ1) is 11.9. The lowest BCUT2D eigenvalue weighted by Crippen LogP contribution is -2.45. The molecule has 3 N–H and O–H groups in total. The summed E-state index contributed by atoms with van der Waals surface area (Å²) in [6.45, 7) is 1.08. The van der Waals surface area contributed by atoms with Gasteiger partial charge in [0.05, 0.1) is 12.2 Å². The molecule has 0 radical (unpaired) electrons. The van der Waals surface area contributed by atoms with Crippen LogP contribution in [0.3, 0.4) is 0 Å². The summed E-state index contributed by atoms with van der Waals surface area (Å²) < 4.78 is 5.49. The molecule has 1 aromatic rings. The van der Waals surface area contributed by atoms with Crippen LogP contribution in [0.15, 0.2) is 18.2 Å². The Morgan fingerprint density at radius 3 is 2.88 bits per heavy atom. The van der Waals surface area contributed by atoms with Crippen molar-refractivity contribution in [3.63, 3.8) is 0 Å². The number of carbonyl (C=O) groups is 1. The number of hydrogen-bond donors (Lipinski definition) is 3. The third-order valence-corrected chi connectivity index (χ3v) is 3.00. The first-order chi connectivity index (χ1) is 7.94.